The van der Waals surface area contributed by atoms with E-state index in [9.17, 15) is 4.79 Å². The Kier molecular flexibility index (Phi) is 9.66. The fourth-order valence-corrected chi connectivity index (χ4v) is 2.78. The van der Waals surface area contributed by atoms with Gasteiger partial charge in [-0.05, 0) is 24.8 Å². The van der Waals surface area contributed by atoms with Crippen molar-refractivity contribution in [2.24, 2.45) is 5.73 Å². The van der Waals surface area contributed by atoms with Crippen molar-refractivity contribution in [2.45, 2.75) is 37.5 Å². The third-order valence-electron chi connectivity index (χ3n) is 3.03. The zero-order valence-corrected chi connectivity index (χ0v) is 13.5. The molecule has 3 nitrogen and oxygen atoms in total. The monoisotopic (exact) mass is 307 g/mol. The molecule has 0 heterocycles. The maximum atomic E-state index is 10.9. The summed E-state index contributed by atoms with van der Waals surface area (Å²) in [6.07, 6.45) is 7.52. The van der Waals surface area contributed by atoms with Gasteiger partial charge >= 0.3 is 5.97 Å². The lowest BCUT2D eigenvalue weighted by atomic mass is 10.2. The Morgan fingerprint density at radius 2 is 2.10 bits per heavy atom. The number of carbonyl (C=O) groups is 1. The van der Waals surface area contributed by atoms with Crippen LogP contribution in [0.25, 0.3) is 0 Å². The molecule has 0 aliphatic heterocycles. The van der Waals surface area contributed by atoms with Gasteiger partial charge in [0.15, 0.2) is 0 Å². The standard InChI is InChI=1S/C17H25NO2S/c1-20-17(19)12-8-3-2-7-11-16(18)14-21-13-15-9-5-4-6-10-15/h4-7,9-11,16H,2-3,8,12-14,18H2,1H3/b11-7-/t16-/m1/s1. The van der Waals surface area contributed by atoms with Crippen LogP contribution in [0.5, 0.6) is 0 Å². The lowest BCUT2D eigenvalue weighted by Gasteiger charge is -2.06. The van der Waals surface area contributed by atoms with Crippen molar-refractivity contribution in [1.82, 2.24) is 0 Å². The number of methoxy groups -OCH3 is 1. The van der Waals surface area contributed by atoms with Gasteiger partial charge in [0.25, 0.3) is 0 Å². The molecule has 1 aromatic carbocycles. The number of hydrogen-bond donors (Lipinski definition) is 1. The smallest absolute Gasteiger partial charge is 0.305 e. The second-order valence-corrected chi connectivity index (χ2v) is 5.94. The van der Waals surface area contributed by atoms with Gasteiger partial charge < -0.3 is 10.5 Å². The van der Waals surface area contributed by atoms with Crippen LogP contribution in [-0.2, 0) is 15.3 Å². The van der Waals surface area contributed by atoms with Crippen LogP contribution in [0.3, 0.4) is 0 Å². The lowest BCUT2D eigenvalue weighted by Crippen LogP contribution is -2.19. The number of thioether (sulfide) groups is 1. The molecule has 0 amide bonds. The number of rotatable bonds is 10. The normalized spacial score (nSPS) is 12.5. The summed E-state index contributed by atoms with van der Waals surface area (Å²) in [5.74, 6) is 1.79. The number of hydrogen-bond acceptors (Lipinski definition) is 4. The molecule has 1 atom stereocenters. The average molecular weight is 307 g/mol. The van der Waals surface area contributed by atoms with Crippen molar-refractivity contribution in [3.8, 4) is 0 Å². The molecular formula is C17H25NO2S. The van der Waals surface area contributed by atoms with E-state index in [0.717, 1.165) is 30.8 Å². The molecular weight excluding hydrogens is 282 g/mol. The number of carbonyl (C=O) groups excluding carboxylic acids is 1. The summed E-state index contributed by atoms with van der Waals surface area (Å²) in [6.45, 7) is 0. The Labute approximate surface area is 131 Å². The number of benzene rings is 1. The number of ether oxygens (including phenoxy) is 1. The van der Waals surface area contributed by atoms with Crippen LogP contribution in [0.15, 0.2) is 42.5 Å². The van der Waals surface area contributed by atoms with E-state index < -0.39 is 0 Å². The van der Waals surface area contributed by atoms with E-state index in [1.807, 2.05) is 17.8 Å². The summed E-state index contributed by atoms with van der Waals surface area (Å²) >= 11 is 1.85. The van der Waals surface area contributed by atoms with Gasteiger partial charge in [-0.15, -0.1) is 0 Å². The topological polar surface area (TPSA) is 52.3 Å². The first-order valence-electron chi connectivity index (χ1n) is 7.33. The van der Waals surface area contributed by atoms with E-state index in [0.29, 0.717) is 6.42 Å². The lowest BCUT2D eigenvalue weighted by molar-refractivity contribution is -0.140. The molecule has 2 N–H and O–H groups in total. The number of esters is 1. The molecule has 1 rings (SSSR count). The largest absolute Gasteiger partial charge is 0.469 e. The Hall–Kier alpha value is -1.26. The molecule has 4 heteroatoms. The van der Waals surface area contributed by atoms with E-state index in [1.54, 1.807) is 0 Å². The van der Waals surface area contributed by atoms with Crippen molar-refractivity contribution >= 4 is 17.7 Å². The zero-order valence-electron chi connectivity index (χ0n) is 12.7. The van der Waals surface area contributed by atoms with Crippen molar-refractivity contribution in [2.75, 3.05) is 12.9 Å². The minimum atomic E-state index is -0.131. The molecule has 0 unspecified atom stereocenters. The highest BCUT2D eigenvalue weighted by Gasteiger charge is 2.00. The van der Waals surface area contributed by atoms with Gasteiger partial charge in [-0.2, -0.15) is 11.8 Å². The molecule has 0 aliphatic carbocycles. The summed E-state index contributed by atoms with van der Waals surface area (Å²) in [5.41, 5.74) is 7.38. The fraction of sp³-hybridized carbons (Fsp3) is 0.471. The number of allylic oxidation sites excluding steroid dienone is 1. The summed E-state index contributed by atoms with van der Waals surface area (Å²) < 4.78 is 4.60. The van der Waals surface area contributed by atoms with Gasteiger partial charge in [0.1, 0.15) is 0 Å². The summed E-state index contributed by atoms with van der Waals surface area (Å²) in [5, 5.41) is 0. The predicted molar refractivity (Wildman–Crippen MR) is 90.2 cm³/mol. The third kappa shape index (κ3) is 9.32. The van der Waals surface area contributed by atoms with E-state index >= 15 is 0 Å². The second-order valence-electron chi connectivity index (χ2n) is 4.91. The fourth-order valence-electron chi connectivity index (χ4n) is 1.85. The molecule has 0 radical (unpaired) electrons. The van der Waals surface area contributed by atoms with Gasteiger partial charge in [0.05, 0.1) is 7.11 Å². The van der Waals surface area contributed by atoms with Gasteiger partial charge in [-0.1, -0.05) is 42.5 Å². The van der Waals surface area contributed by atoms with Crippen LogP contribution in [0, 0.1) is 0 Å². The average Bonchev–Trinajstić information content (AvgIpc) is 2.51. The Balaban J connectivity index is 2.03. The maximum absolute atomic E-state index is 10.9. The van der Waals surface area contributed by atoms with Crippen LogP contribution in [0.4, 0.5) is 0 Å². The number of nitrogens with two attached hydrogens (primary N) is 1. The second kappa shape index (κ2) is 11.4. The minimum absolute atomic E-state index is 0.0966. The van der Waals surface area contributed by atoms with Crippen molar-refractivity contribution in [1.29, 1.82) is 0 Å². The summed E-state index contributed by atoms with van der Waals surface area (Å²) in [4.78, 5) is 10.9. The Morgan fingerprint density at radius 1 is 1.33 bits per heavy atom. The SMILES string of the molecule is COC(=O)CCCC/C=C\[C@@H](N)CSCc1ccccc1. The van der Waals surface area contributed by atoms with Gasteiger partial charge in [0.2, 0.25) is 0 Å². The van der Waals surface area contributed by atoms with Gasteiger partial charge in [0, 0.05) is 24.0 Å². The quantitative estimate of drug-likeness (QED) is 0.408. The first-order valence-corrected chi connectivity index (χ1v) is 8.48. The zero-order chi connectivity index (χ0) is 15.3. The third-order valence-corrected chi connectivity index (χ3v) is 4.19. The van der Waals surface area contributed by atoms with Crippen LogP contribution in [-0.4, -0.2) is 24.9 Å². The minimum Gasteiger partial charge on any atom is -0.469 e. The van der Waals surface area contributed by atoms with E-state index in [2.05, 4.69) is 41.2 Å². The first kappa shape index (κ1) is 17.8. The van der Waals surface area contributed by atoms with Crippen LogP contribution < -0.4 is 5.73 Å². The van der Waals surface area contributed by atoms with Crippen LogP contribution in [0.2, 0.25) is 0 Å². The molecule has 0 aromatic heterocycles. The van der Waals surface area contributed by atoms with Crippen molar-refractivity contribution in [3.63, 3.8) is 0 Å². The van der Waals surface area contributed by atoms with E-state index in [-0.39, 0.29) is 12.0 Å². The summed E-state index contributed by atoms with van der Waals surface area (Å²) in [7, 11) is 1.42. The van der Waals surface area contributed by atoms with Gasteiger partial charge in [-0.3, -0.25) is 4.79 Å². The predicted octanol–water partition coefficient (Wildman–Crippen LogP) is 3.54. The molecule has 0 fully saturated rings. The highest BCUT2D eigenvalue weighted by Crippen LogP contribution is 2.12. The molecule has 0 saturated carbocycles. The summed E-state index contributed by atoms with van der Waals surface area (Å²) in [6, 6.07) is 10.5. The molecule has 21 heavy (non-hydrogen) atoms. The Morgan fingerprint density at radius 3 is 2.81 bits per heavy atom. The number of unbranched alkanes of at least 4 members (excludes halogenated alkanes) is 2. The van der Waals surface area contributed by atoms with E-state index in [1.165, 1.54) is 12.7 Å². The van der Waals surface area contributed by atoms with E-state index in [4.69, 9.17) is 5.73 Å². The maximum Gasteiger partial charge on any atom is 0.305 e. The van der Waals surface area contributed by atoms with Crippen LogP contribution >= 0.6 is 11.8 Å². The molecule has 0 saturated heterocycles. The van der Waals surface area contributed by atoms with Crippen molar-refractivity contribution < 1.29 is 9.53 Å². The molecule has 0 spiro atoms. The van der Waals surface area contributed by atoms with Crippen molar-refractivity contribution in [3.05, 3.63) is 48.0 Å². The highest BCUT2D eigenvalue weighted by molar-refractivity contribution is 7.98. The first-order chi connectivity index (χ1) is 10.2. The highest BCUT2D eigenvalue weighted by atomic mass is 32.2. The molecule has 1 aromatic rings. The Bertz CT molecular complexity index is 420. The molecule has 0 aliphatic rings. The molecule has 0 bridgehead atoms. The van der Waals surface area contributed by atoms with Gasteiger partial charge in [-0.25, -0.2) is 0 Å². The van der Waals surface area contributed by atoms with Crippen LogP contribution in [0.1, 0.15) is 31.2 Å². The molecule has 116 valence electrons.